The number of hydrogen-bond acceptors (Lipinski definition) is 4. The van der Waals surface area contributed by atoms with Crippen molar-refractivity contribution in [1.29, 1.82) is 0 Å². The summed E-state index contributed by atoms with van der Waals surface area (Å²) in [6.07, 6.45) is 2.99. The smallest absolute Gasteiger partial charge is 0.255 e. The Morgan fingerprint density at radius 2 is 2.04 bits per heavy atom. The van der Waals surface area contributed by atoms with Gasteiger partial charge in [0.15, 0.2) is 0 Å². The first-order valence-electron chi connectivity index (χ1n) is 9.12. The number of halogens is 1. The topological polar surface area (TPSA) is 62.7 Å². The van der Waals surface area contributed by atoms with Crippen molar-refractivity contribution in [2.24, 2.45) is 0 Å². The fourth-order valence-electron chi connectivity index (χ4n) is 3.49. The van der Waals surface area contributed by atoms with Crippen LogP contribution in [-0.4, -0.2) is 46.2 Å². The zero-order valence-electron chi connectivity index (χ0n) is 16.0. The Morgan fingerprint density at radius 1 is 1.33 bits per heavy atom. The number of nitrogens with zero attached hydrogens (tertiary/aromatic N) is 2. The lowest BCUT2D eigenvalue weighted by Gasteiger charge is -2.39. The summed E-state index contributed by atoms with van der Waals surface area (Å²) < 4.78 is 5.86. The maximum Gasteiger partial charge on any atom is 0.255 e. The van der Waals surface area contributed by atoms with Crippen LogP contribution >= 0.6 is 11.6 Å². The van der Waals surface area contributed by atoms with Gasteiger partial charge in [-0.1, -0.05) is 11.6 Å². The Hall–Kier alpha value is -2.11. The van der Waals surface area contributed by atoms with Crippen molar-refractivity contribution in [1.82, 2.24) is 9.88 Å². The van der Waals surface area contributed by atoms with Crippen LogP contribution in [0.4, 0.5) is 0 Å². The van der Waals surface area contributed by atoms with E-state index < -0.39 is 5.60 Å². The molecule has 1 atom stereocenters. The molecule has 1 fully saturated rings. The number of aromatic nitrogens is 1. The lowest BCUT2D eigenvalue weighted by atomic mass is 9.93. The van der Waals surface area contributed by atoms with Gasteiger partial charge in [0.2, 0.25) is 0 Å². The summed E-state index contributed by atoms with van der Waals surface area (Å²) in [6.45, 7) is 6.66. The van der Waals surface area contributed by atoms with Crippen molar-refractivity contribution in [3.8, 4) is 5.75 Å². The van der Waals surface area contributed by atoms with Gasteiger partial charge in [0.25, 0.3) is 5.91 Å². The number of likely N-dealkylation sites (tertiary alicyclic amines) is 1. The Morgan fingerprint density at radius 3 is 2.70 bits per heavy atom. The molecule has 2 aromatic rings. The first kappa shape index (κ1) is 19.6. The minimum absolute atomic E-state index is 0.100. The van der Waals surface area contributed by atoms with Gasteiger partial charge in [-0.3, -0.25) is 9.78 Å². The molecule has 2 heterocycles. The number of benzene rings is 1. The van der Waals surface area contributed by atoms with E-state index >= 15 is 0 Å². The van der Waals surface area contributed by atoms with Crippen LogP contribution in [0.1, 0.15) is 40.0 Å². The highest BCUT2D eigenvalue weighted by Gasteiger charge is 2.36. The second-order valence-electron chi connectivity index (χ2n) is 7.35. The third-order valence-corrected chi connectivity index (χ3v) is 5.59. The van der Waals surface area contributed by atoms with Gasteiger partial charge in [0.05, 0.1) is 12.1 Å². The summed E-state index contributed by atoms with van der Waals surface area (Å²) in [5.74, 6) is 0.575. The molecular formula is C21H25ClN2O3. The molecule has 1 amide bonds. The van der Waals surface area contributed by atoms with Crippen LogP contribution in [0.5, 0.6) is 5.75 Å². The van der Waals surface area contributed by atoms with Gasteiger partial charge in [-0.15, -0.1) is 0 Å². The van der Waals surface area contributed by atoms with Crippen LogP contribution in [0.15, 0.2) is 30.5 Å². The van der Waals surface area contributed by atoms with Crippen molar-refractivity contribution in [2.45, 2.75) is 39.2 Å². The Labute approximate surface area is 164 Å². The van der Waals surface area contributed by atoms with Crippen molar-refractivity contribution in [3.05, 3.63) is 57.9 Å². The lowest BCUT2D eigenvalue weighted by Crippen LogP contribution is -2.53. The van der Waals surface area contributed by atoms with Crippen LogP contribution in [0.2, 0.25) is 5.02 Å². The molecule has 1 aliphatic heterocycles. The number of amides is 1. The zero-order chi connectivity index (χ0) is 19.6. The number of pyridine rings is 1. The first-order chi connectivity index (χ1) is 12.8. The highest BCUT2D eigenvalue weighted by Crippen LogP contribution is 2.28. The number of aryl methyl sites for hydroxylation is 3. The van der Waals surface area contributed by atoms with Crippen LogP contribution in [-0.2, 0) is 0 Å². The zero-order valence-corrected chi connectivity index (χ0v) is 16.7. The van der Waals surface area contributed by atoms with Crippen molar-refractivity contribution < 1.29 is 14.6 Å². The average Bonchev–Trinajstić information content (AvgIpc) is 2.64. The third kappa shape index (κ3) is 4.42. The van der Waals surface area contributed by atoms with E-state index in [9.17, 15) is 9.90 Å². The van der Waals surface area contributed by atoms with E-state index in [4.69, 9.17) is 16.3 Å². The highest BCUT2D eigenvalue weighted by molar-refractivity contribution is 6.32. The van der Waals surface area contributed by atoms with E-state index in [1.165, 1.54) is 0 Å². The molecule has 0 saturated carbocycles. The molecule has 5 nitrogen and oxygen atoms in total. The molecule has 0 bridgehead atoms. The summed E-state index contributed by atoms with van der Waals surface area (Å²) in [7, 11) is 0. The molecule has 0 radical (unpaired) electrons. The Bertz CT molecular complexity index is 832. The molecule has 1 saturated heterocycles. The predicted molar refractivity (Wildman–Crippen MR) is 105 cm³/mol. The van der Waals surface area contributed by atoms with Gasteiger partial charge in [-0.2, -0.15) is 0 Å². The van der Waals surface area contributed by atoms with E-state index in [2.05, 4.69) is 4.98 Å². The van der Waals surface area contributed by atoms with Gasteiger partial charge in [-0.05, 0) is 69.0 Å². The minimum atomic E-state index is -1.08. The summed E-state index contributed by atoms with van der Waals surface area (Å²) in [6, 6.07) is 7.26. The quantitative estimate of drug-likeness (QED) is 0.867. The van der Waals surface area contributed by atoms with Crippen LogP contribution in [0.3, 0.4) is 0 Å². The van der Waals surface area contributed by atoms with Crippen LogP contribution < -0.4 is 4.74 Å². The number of piperidine rings is 1. The fourth-order valence-corrected chi connectivity index (χ4v) is 3.60. The Kier molecular flexibility index (Phi) is 5.72. The third-order valence-electron chi connectivity index (χ3n) is 5.00. The molecule has 144 valence electrons. The molecular weight excluding hydrogens is 364 g/mol. The average molecular weight is 389 g/mol. The molecule has 0 aliphatic carbocycles. The van der Waals surface area contributed by atoms with Crippen molar-refractivity contribution >= 4 is 17.5 Å². The van der Waals surface area contributed by atoms with Gasteiger partial charge in [0.1, 0.15) is 18.0 Å². The molecule has 1 aromatic heterocycles. The van der Waals surface area contributed by atoms with E-state index in [1.807, 2.05) is 32.9 Å². The molecule has 3 rings (SSSR count). The number of hydrogen-bond donors (Lipinski definition) is 1. The standard InChI is InChI=1S/C21H25ClN2O3/c1-14-10-17(11-15(2)19(14)22)27-13-21(26)7-5-9-24(12-21)20(25)18-6-4-8-23-16(18)3/h4,6,8,10-11,26H,5,7,9,12-13H2,1-3H3. The number of carbonyl (C=O) groups is 1. The molecule has 6 heteroatoms. The van der Waals surface area contributed by atoms with Gasteiger partial charge < -0.3 is 14.7 Å². The van der Waals surface area contributed by atoms with Gasteiger partial charge >= 0.3 is 0 Å². The van der Waals surface area contributed by atoms with E-state index in [0.717, 1.165) is 22.6 Å². The molecule has 1 aliphatic rings. The Balaban J connectivity index is 1.69. The maximum atomic E-state index is 12.8. The number of β-amino-alcohol motifs (C(OH)–C–C–N with tert-alkyl or cyclic N) is 1. The second kappa shape index (κ2) is 7.87. The van der Waals surface area contributed by atoms with Gasteiger partial charge in [-0.25, -0.2) is 0 Å². The van der Waals surface area contributed by atoms with Crippen LogP contribution in [0.25, 0.3) is 0 Å². The number of carbonyl (C=O) groups excluding carboxylic acids is 1. The largest absolute Gasteiger partial charge is 0.491 e. The minimum Gasteiger partial charge on any atom is -0.491 e. The first-order valence-corrected chi connectivity index (χ1v) is 9.50. The summed E-state index contributed by atoms with van der Waals surface area (Å²) in [5.41, 5.74) is 2.06. The second-order valence-corrected chi connectivity index (χ2v) is 7.73. The number of aliphatic hydroxyl groups is 1. The molecule has 1 N–H and O–H groups in total. The highest BCUT2D eigenvalue weighted by atomic mass is 35.5. The van der Waals surface area contributed by atoms with E-state index in [1.54, 1.807) is 23.2 Å². The monoisotopic (exact) mass is 388 g/mol. The summed E-state index contributed by atoms with van der Waals surface area (Å²) in [5, 5.41) is 11.7. The molecule has 0 spiro atoms. The maximum absolute atomic E-state index is 12.8. The van der Waals surface area contributed by atoms with Crippen molar-refractivity contribution in [3.63, 3.8) is 0 Å². The lowest BCUT2D eigenvalue weighted by molar-refractivity contribution is -0.0532. The van der Waals surface area contributed by atoms with Crippen LogP contribution in [0, 0.1) is 20.8 Å². The predicted octanol–water partition coefficient (Wildman–Crippen LogP) is 3.71. The number of rotatable bonds is 4. The van der Waals surface area contributed by atoms with E-state index in [-0.39, 0.29) is 19.1 Å². The summed E-state index contributed by atoms with van der Waals surface area (Å²) in [4.78, 5) is 18.7. The molecule has 1 unspecified atom stereocenters. The molecule has 1 aromatic carbocycles. The SMILES string of the molecule is Cc1cc(OCC2(O)CCCN(C(=O)c3cccnc3C)C2)cc(C)c1Cl. The summed E-state index contributed by atoms with van der Waals surface area (Å²) >= 11 is 6.20. The number of ether oxygens (including phenoxy) is 1. The van der Waals surface area contributed by atoms with E-state index in [0.29, 0.717) is 30.0 Å². The van der Waals surface area contributed by atoms with Gasteiger partial charge in [0, 0.05) is 23.5 Å². The molecule has 27 heavy (non-hydrogen) atoms. The fraction of sp³-hybridized carbons (Fsp3) is 0.429. The van der Waals surface area contributed by atoms with Crippen molar-refractivity contribution in [2.75, 3.05) is 19.7 Å². The normalized spacial score (nSPS) is 19.8.